The Kier molecular flexibility index (Phi) is 3.50. The molecule has 1 N–H and O–H groups in total. The minimum atomic E-state index is -0.574. The molecule has 0 bridgehead atoms. The number of benzene rings is 2. The van der Waals surface area contributed by atoms with Crippen molar-refractivity contribution in [1.29, 1.82) is 0 Å². The van der Waals surface area contributed by atoms with E-state index in [0.29, 0.717) is 0 Å². The molecule has 110 valence electrons. The zero-order chi connectivity index (χ0) is 14.9. The minimum Gasteiger partial charge on any atom is -0.449 e. The highest BCUT2D eigenvalue weighted by Crippen LogP contribution is 2.40. The molecule has 0 fully saturated rings. The maximum atomic E-state index is 5.77. The second-order valence-corrected chi connectivity index (χ2v) is 5.74. The molecule has 0 saturated heterocycles. The average molecular weight is 283 g/mol. The van der Waals surface area contributed by atoms with Crippen LogP contribution in [-0.4, -0.2) is 5.79 Å². The molecule has 0 amide bonds. The molecule has 2 aromatic rings. The van der Waals surface area contributed by atoms with Crippen molar-refractivity contribution in [2.24, 2.45) is 0 Å². The molecule has 1 heterocycles. The highest BCUT2D eigenvalue weighted by molar-refractivity contribution is 5.56. The highest BCUT2D eigenvalue weighted by atomic mass is 16.7. The Morgan fingerprint density at radius 2 is 1.67 bits per heavy atom. The van der Waals surface area contributed by atoms with Crippen LogP contribution in [0.5, 0.6) is 11.5 Å². The first-order valence-electron chi connectivity index (χ1n) is 7.40. The third kappa shape index (κ3) is 2.97. The third-order valence-electron chi connectivity index (χ3n) is 3.64. The number of ether oxygens (including phenoxy) is 2. The number of anilines is 1. The summed E-state index contributed by atoms with van der Waals surface area (Å²) >= 11 is 0. The Morgan fingerprint density at radius 3 is 2.43 bits per heavy atom. The van der Waals surface area contributed by atoms with Gasteiger partial charge in [-0.3, -0.25) is 0 Å². The van der Waals surface area contributed by atoms with Crippen LogP contribution in [0.25, 0.3) is 0 Å². The molecule has 3 rings (SSSR count). The SMILES string of the molecule is CCc1ccccc1CNc1ccc2c(c1)OC(C)(C)O2. The Morgan fingerprint density at radius 1 is 0.952 bits per heavy atom. The first kappa shape index (κ1) is 13.8. The van der Waals surface area contributed by atoms with Crippen LogP contribution in [0.4, 0.5) is 5.69 Å². The molecule has 3 nitrogen and oxygen atoms in total. The maximum Gasteiger partial charge on any atom is 0.246 e. The van der Waals surface area contributed by atoms with Gasteiger partial charge in [-0.1, -0.05) is 31.2 Å². The van der Waals surface area contributed by atoms with Crippen LogP contribution in [0.3, 0.4) is 0 Å². The van der Waals surface area contributed by atoms with Gasteiger partial charge in [0.05, 0.1) is 0 Å². The number of aryl methyl sites for hydroxylation is 1. The number of fused-ring (bicyclic) bond motifs is 1. The van der Waals surface area contributed by atoms with Crippen LogP contribution in [0.1, 0.15) is 31.9 Å². The monoisotopic (exact) mass is 283 g/mol. The molecule has 2 aromatic carbocycles. The standard InChI is InChI=1S/C18H21NO2/c1-4-13-7-5-6-8-14(13)12-19-15-9-10-16-17(11-15)21-18(2,3)20-16/h5-11,19H,4,12H2,1-3H3. The van der Waals surface area contributed by atoms with Crippen LogP contribution in [0.2, 0.25) is 0 Å². The largest absolute Gasteiger partial charge is 0.449 e. The summed E-state index contributed by atoms with van der Waals surface area (Å²) in [5.41, 5.74) is 3.76. The number of hydrogen-bond acceptors (Lipinski definition) is 3. The van der Waals surface area contributed by atoms with E-state index in [4.69, 9.17) is 9.47 Å². The van der Waals surface area contributed by atoms with Crippen molar-refractivity contribution in [2.45, 2.75) is 39.5 Å². The molecule has 0 unspecified atom stereocenters. The van der Waals surface area contributed by atoms with E-state index in [2.05, 4.69) is 36.5 Å². The normalized spacial score (nSPS) is 15.0. The van der Waals surface area contributed by atoms with Gasteiger partial charge in [-0.05, 0) is 29.7 Å². The van der Waals surface area contributed by atoms with Crippen molar-refractivity contribution in [2.75, 3.05) is 5.32 Å². The summed E-state index contributed by atoms with van der Waals surface area (Å²) in [6.45, 7) is 6.82. The fourth-order valence-electron chi connectivity index (χ4n) is 2.60. The summed E-state index contributed by atoms with van der Waals surface area (Å²) in [7, 11) is 0. The van der Waals surface area contributed by atoms with E-state index in [1.165, 1.54) is 11.1 Å². The lowest BCUT2D eigenvalue weighted by atomic mass is 10.1. The van der Waals surface area contributed by atoms with Crippen molar-refractivity contribution in [3.05, 3.63) is 53.6 Å². The lowest BCUT2D eigenvalue weighted by Gasteiger charge is -2.16. The quantitative estimate of drug-likeness (QED) is 0.904. The van der Waals surface area contributed by atoms with Gasteiger partial charge in [0.25, 0.3) is 0 Å². The van der Waals surface area contributed by atoms with Crippen LogP contribution in [0.15, 0.2) is 42.5 Å². The number of rotatable bonds is 4. The predicted molar refractivity (Wildman–Crippen MR) is 84.9 cm³/mol. The van der Waals surface area contributed by atoms with Gasteiger partial charge in [0.2, 0.25) is 5.79 Å². The first-order chi connectivity index (χ1) is 10.1. The molecule has 3 heteroatoms. The van der Waals surface area contributed by atoms with E-state index >= 15 is 0 Å². The predicted octanol–water partition coefficient (Wildman–Crippen LogP) is 4.37. The molecule has 1 aliphatic rings. The van der Waals surface area contributed by atoms with Gasteiger partial charge in [0.15, 0.2) is 11.5 Å². The van der Waals surface area contributed by atoms with Gasteiger partial charge in [0.1, 0.15) is 0 Å². The molecule has 0 atom stereocenters. The number of hydrogen-bond donors (Lipinski definition) is 1. The van der Waals surface area contributed by atoms with E-state index in [9.17, 15) is 0 Å². The van der Waals surface area contributed by atoms with Crippen molar-refractivity contribution in [1.82, 2.24) is 0 Å². The molecular weight excluding hydrogens is 262 g/mol. The number of nitrogens with one attached hydrogen (secondary N) is 1. The summed E-state index contributed by atoms with van der Waals surface area (Å²) < 4.78 is 11.5. The van der Waals surface area contributed by atoms with Gasteiger partial charge in [-0.25, -0.2) is 0 Å². The summed E-state index contributed by atoms with van der Waals surface area (Å²) in [6.07, 6.45) is 1.05. The zero-order valence-electron chi connectivity index (χ0n) is 12.8. The fraction of sp³-hybridized carbons (Fsp3) is 0.333. The van der Waals surface area contributed by atoms with Gasteiger partial charge in [0, 0.05) is 32.1 Å². The fourth-order valence-corrected chi connectivity index (χ4v) is 2.60. The van der Waals surface area contributed by atoms with Gasteiger partial charge in [-0.2, -0.15) is 0 Å². The van der Waals surface area contributed by atoms with Crippen molar-refractivity contribution < 1.29 is 9.47 Å². The topological polar surface area (TPSA) is 30.5 Å². The Hall–Kier alpha value is -2.16. The van der Waals surface area contributed by atoms with Crippen LogP contribution in [0, 0.1) is 0 Å². The van der Waals surface area contributed by atoms with Crippen LogP contribution >= 0.6 is 0 Å². The molecule has 21 heavy (non-hydrogen) atoms. The Bertz CT molecular complexity index is 649. The smallest absolute Gasteiger partial charge is 0.246 e. The van der Waals surface area contributed by atoms with Crippen molar-refractivity contribution in [3.63, 3.8) is 0 Å². The van der Waals surface area contributed by atoms with E-state index in [1.54, 1.807) is 0 Å². The van der Waals surface area contributed by atoms with E-state index in [-0.39, 0.29) is 0 Å². The van der Waals surface area contributed by atoms with Crippen molar-refractivity contribution in [3.8, 4) is 11.5 Å². The van der Waals surface area contributed by atoms with Crippen molar-refractivity contribution >= 4 is 5.69 Å². The summed E-state index contributed by atoms with van der Waals surface area (Å²) in [5.74, 6) is 1.03. The van der Waals surface area contributed by atoms with Gasteiger partial charge < -0.3 is 14.8 Å². The zero-order valence-corrected chi connectivity index (χ0v) is 12.8. The molecule has 0 spiro atoms. The Labute approximate surface area is 125 Å². The third-order valence-corrected chi connectivity index (χ3v) is 3.64. The first-order valence-corrected chi connectivity index (χ1v) is 7.40. The van der Waals surface area contributed by atoms with E-state index in [0.717, 1.165) is 30.2 Å². The lowest BCUT2D eigenvalue weighted by Crippen LogP contribution is -2.29. The second kappa shape index (κ2) is 5.32. The molecule has 0 radical (unpaired) electrons. The van der Waals surface area contributed by atoms with E-state index < -0.39 is 5.79 Å². The Balaban J connectivity index is 1.72. The summed E-state index contributed by atoms with van der Waals surface area (Å²) in [6, 6.07) is 14.5. The summed E-state index contributed by atoms with van der Waals surface area (Å²) in [4.78, 5) is 0. The molecule has 0 saturated carbocycles. The van der Waals surface area contributed by atoms with Crippen LogP contribution < -0.4 is 14.8 Å². The lowest BCUT2D eigenvalue weighted by molar-refractivity contribution is -0.0431. The second-order valence-electron chi connectivity index (χ2n) is 5.74. The molecule has 1 aliphatic heterocycles. The minimum absolute atomic E-state index is 0.574. The maximum absolute atomic E-state index is 5.77. The molecule has 0 aromatic heterocycles. The highest BCUT2D eigenvalue weighted by Gasteiger charge is 2.31. The summed E-state index contributed by atoms with van der Waals surface area (Å²) in [5, 5.41) is 3.46. The average Bonchev–Trinajstić information content (AvgIpc) is 2.78. The molecule has 0 aliphatic carbocycles. The van der Waals surface area contributed by atoms with Gasteiger partial charge >= 0.3 is 0 Å². The van der Waals surface area contributed by atoms with Crippen LogP contribution in [-0.2, 0) is 13.0 Å². The molecular formula is C18H21NO2. The van der Waals surface area contributed by atoms with Gasteiger partial charge in [-0.15, -0.1) is 0 Å². The van der Waals surface area contributed by atoms with E-state index in [1.807, 2.05) is 32.0 Å².